The average Bonchev–Trinajstić information content (AvgIpc) is 2.58. The summed E-state index contributed by atoms with van der Waals surface area (Å²) in [7, 11) is 0. The number of hydrogen-bond donors (Lipinski definition) is 2. The molecule has 0 aliphatic rings. The minimum absolute atomic E-state index is 0.407. The molecule has 2 rings (SSSR count). The molecule has 23 heavy (non-hydrogen) atoms. The van der Waals surface area contributed by atoms with Gasteiger partial charge in [-0.1, -0.05) is 13.3 Å². The third-order valence-corrected chi connectivity index (χ3v) is 2.96. The van der Waals surface area contributed by atoms with Gasteiger partial charge in [-0.3, -0.25) is 4.98 Å². The number of rotatable bonds is 7. The lowest BCUT2D eigenvalue weighted by Crippen LogP contribution is -2.24. The highest BCUT2D eigenvalue weighted by Gasteiger charge is 2.00. The molecule has 1 aromatic heterocycles. The lowest BCUT2D eigenvalue weighted by Gasteiger charge is -2.07. The molecule has 1 aromatic carbocycles. The Morgan fingerprint density at radius 2 is 1.96 bits per heavy atom. The van der Waals surface area contributed by atoms with Crippen LogP contribution in [0.15, 0.2) is 53.9 Å². The van der Waals surface area contributed by atoms with Crippen LogP contribution in [-0.2, 0) is 0 Å². The average molecular weight is 312 g/mol. The Kier molecular flexibility index (Phi) is 6.59. The van der Waals surface area contributed by atoms with Gasteiger partial charge in [0, 0.05) is 18.1 Å². The molecule has 6 heteroatoms. The predicted molar refractivity (Wildman–Crippen MR) is 90.8 cm³/mol. The van der Waals surface area contributed by atoms with Gasteiger partial charge in [-0.05, 0) is 48.4 Å². The first kappa shape index (κ1) is 16.5. The van der Waals surface area contributed by atoms with Crippen molar-refractivity contribution in [2.24, 2.45) is 5.10 Å². The Morgan fingerprint density at radius 1 is 1.22 bits per heavy atom. The zero-order valence-corrected chi connectivity index (χ0v) is 13.0. The van der Waals surface area contributed by atoms with Crippen LogP contribution in [0.25, 0.3) is 0 Å². The minimum atomic E-state index is -0.407. The highest BCUT2D eigenvalue weighted by molar-refractivity contribution is 5.90. The molecule has 0 aliphatic heterocycles. The molecular formula is C17H20N4O2. The number of urea groups is 1. The number of nitrogens with zero attached hydrogens (tertiary/aromatic N) is 2. The molecule has 2 N–H and O–H groups in total. The highest BCUT2D eigenvalue weighted by atomic mass is 16.5. The third-order valence-electron chi connectivity index (χ3n) is 2.96. The standard InChI is InChI=1S/C17H20N4O2/c1-2-3-12-23-16-6-4-15(5-7-16)20-17(22)21-19-13-14-8-10-18-11-9-14/h4-11,13H,2-3,12H2,1H3,(H2,20,21,22). The lowest BCUT2D eigenvalue weighted by molar-refractivity contribution is 0.252. The second-order valence-corrected chi connectivity index (χ2v) is 4.83. The van der Waals surface area contributed by atoms with Crippen molar-refractivity contribution in [2.75, 3.05) is 11.9 Å². The number of aromatic nitrogens is 1. The number of benzene rings is 1. The summed E-state index contributed by atoms with van der Waals surface area (Å²) >= 11 is 0. The van der Waals surface area contributed by atoms with Crippen molar-refractivity contribution in [3.8, 4) is 5.75 Å². The number of amides is 2. The van der Waals surface area contributed by atoms with Crippen molar-refractivity contribution in [1.29, 1.82) is 0 Å². The van der Waals surface area contributed by atoms with Gasteiger partial charge in [-0.25, -0.2) is 10.2 Å². The normalized spacial score (nSPS) is 10.5. The quantitative estimate of drug-likeness (QED) is 0.467. The number of hydrazone groups is 1. The van der Waals surface area contributed by atoms with E-state index in [1.807, 2.05) is 12.1 Å². The SMILES string of the molecule is CCCCOc1ccc(NC(=O)NN=Cc2ccncc2)cc1. The zero-order chi connectivity index (χ0) is 16.3. The number of nitrogens with one attached hydrogen (secondary N) is 2. The number of anilines is 1. The number of ether oxygens (including phenoxy) is 1. The molecule has 0 saturated heterocycles. The van der Waals surface area contributed by atoms with Crippen molar-refractivity contribution in [3.63, 3.8) is 0 Å². The van der Waals surface area contributed by atoms with Gasteiger partial charge in [0.15, 0.2) is 0 Å². The first-order valence-electron chi connectivity index (χ1n) is 7.51. The maximum Gasteiger partial charge on any atom is 0.339 e. The molecule has 0 saturated carbocycles. The molecule has 0 atom stereocenters. The molecule has 0 fully saturated rings. The molecule has 2 amide bonds. The van der Waals surface area contributed by atoms with Crippen LogP contribution in [0.2, 0.25) is 0 Å². The maximum atomic E-state index is 11.7. The molecule has 2 aromatic rings. The van der Waals surface area contributed by atoms with Gasteiger partial charge in [-0.15, -0.1) is 0 Å². The fraction of sp³-hybridized carbons (Fsp3) is 0.235. The number of carbonyl (C=O) groups excluding carboxylic acids is 1. The Bertz CT molecular complexity index is 627. The Hall–Kier alpha value is -2.89. The van der Waals surface area contributed by atoms with Gasteiger partial charge in [0.2, 0.25) is 0 Å². The van der Waals surface area contributed by atoms with Crippen LogP contribution >= 0.6 is 0 Å². The summed E-state index contributed by atoms with van der Waals surface area (Å²) in [5, 5.41) is 6.56. The largest absolute Gasteiger partial charge is 0.494 e. The van der Waals surface area contributed by atoms with Gasteiger partial charge < -0.3 is 10.1 Å². The van der Waals surface area contributed by atoms with Crippen LogP contribution in [-0.4, -0.2) is 23.8 Å². The minimum Gasteiger partial charge on any atom is -0.494 e. The molecule has 0 bridgehead atoms. The Morgan fingerprint density at radius 3 is 2.65 bits per heavy atom. The van der Waals surface area contributed by atoms with Crippen molar-refractivity contribution in [3.05, 3.63) is 54.4 Å². The van der Waals surface area contributed by atoms with E-state index >= 15 is 0 Å². The summed E-state index contributed by atoms with van der Waals surface area (Å²) in [6.45, 7) is 2.82. The van der Waals surface area contributed by atoms with E-state index in [4.69, 9.17) is 4.74 Å². The van der Waals surface area contributed by atoms with Gasteiger partial charge >= 0.3 is 6.03 Å². The van der Waals surface area contributed by atoms with Crippen LogP contribution in [0.5, 0.6) is 5.75 Å². The van der Waals surface area contributed by atoms with E-state index in [1.54, 1.807) is 42.9 Å². The maximum absolute atomic E-state index is 11.7. The number of hydrogen-bond acceptors (Lipinski definition) is 4. The van der Waals surface area contributed by atoms with Crippen LogP contribution < -0.4 is 15.5 Å². The molecule has 0 aliphatic carbocycles. The molecule has 120 valence electrons. The fourth-order valence-corrected chi connectivity index (χ4v) is 1.74. The van der Waals surface area contributed by atoms with Crippen molar-refractivity contribution in [2.45, 2.75) is 19.8 Å². The summed E-state index contributed by atoms with van der Waals surface area (Å²) in [6, 6.07) is 10.4. The molecule has 6 nitrogen and oxygen atoms in total. The zero-order valence-electron chi connectivity index (χ0n) is 13.0. The fourth-order valence-electron chi connectivity index (χ4n) is 1.74. The second-order valence-electron chi connectivity index (χ2n) is 4.83. The molecule has 0 radical (unpaired) electrons. The van der Waals surface area contributed by atoms with Crippen LogP contribution in [0, 0.1) is 0 Å². The summed E-state index contributed by atoms with van der Waals surface area (Å²) in [4.78, 5) is 15.6. The van der Waals surface area contributed by atoms with E-state index in [0.717, 1.165) is 24.2 Å². The molecule has 0 unspecified atom stereocenters. The smallest absolute Gasteiger partial charge is 0.339 e. The van der Waals surface area contributed by atoms with E-state index in [1.165, 1.54) is 0 Å². The van der Waals surface area contributed by atoms with E-state index < -0.39 is 6.03 Å². The van der Waals surface area contributed by atoms with Gasteiger partial charge in [0.05, 0.1) is 12.8 Å². The summed E-state index contributed by atoms with van der Waals surface area (Å²) in [6.07, 6.45) is 6.99. The van der Waals surface area contributed by atoms with E-state index in [0.29, 0.717) is 12.3 Å². The Labute approximate surface area is 135 Å². The molecule has 0 spiro atoms. The second kappa shape index (κ2) is 9.19. The van der Waals surface area contributed by atoms with Gasteiger partial charge in [0.25, 0.3) is 0 Å². The summed E-state index contributed by atoms with van der Waals surface area (Å²) in [5.41, 5.74) is 3.93. The number of unbranched alkanes of at least 4 members (excludes halogenated alkanes) is 1. The van der Waals surface area contributed by atoms with Crippen molar-refractivity contribution < 1.29 is 9.53 Å². The van der Waals surface area contributed by atoms with Crippen LogP contribution in [0.4, 0.5) is 10.5 Å². The molecule has 1 heterocycles. The third kappa shape index (κ3) is 6.17. The van der Waals surface area contributed by atoms with Gasteiger partial charge in [0.1, 0.15) is 5.75 Å². The van der Waals surface area contributed by atoms with E-state index in [2.05, 4.69) is 27.8 Å². The monoisotopic (exact) mass is 312 g/mol. The van der Waals surface area contributed by atoms with Gasteiger partial charge in [-0.2, -0.15) is 5.10 Å². The molecular weight excluding hydrogens is 292 g/mol. The van der Waals surface area contributed by atoms with Crippen LogP contribution in [0.1, 0.15) is 25.3 Å². The highest BCUT2D eigenvalue weighted by Crippen LogP contribution is 2.15. The number of pyridine rings is 1. The first-order valence-corrected chi connectivity index (χ1v) is 7.51. The van der Waals surface area contributed by atoms with Crippen molar-refractivity contribution in [1.82, 2.24) is 10.4 Å². The lowest BCUT2D eigenvalue weighted by atomic mass is 10.3. The topological polar surface area (TPSA) is 75.6 Å². The number of carbonyl (C=O) groups is 1. The first-order chi connectivity index (χ1) is 11.3. The Balaban J connectivity index is 1.77. The van der Waals surface area contributed by atoms with E-state index in [-0.39, 0.29) is 0 Å². The summed E-state index contributed by atoms with van der Waals surface area (Å²) < 4.78 is 5.56. The van der Waals surface area contributed by atoms with Crippen molar-refractivity contribution >= 4 is 17.9 Å². The van der Waals surface area contributed by atoms with E-state index in [9.17, 15) is 4.79 Å². The van der Waals surface area contributed by atoms with Crippen LogP contribution in [0.3, 0.4) is 0 Å². The summed E-state index contributed by atoms with van der Waals surface area (Å²) in [5.74, 6) is 0.792. The predicted octanol–water partition coefficient (Wildman–Crippen LogP) is 3.42.